The molecule has 1 saturated heterocycles. The third-order valence-electron chi connectivity index (χ3n) is 4.64. The SMILES string of the molecule is NC(=O)C1CN(C(=O)Cc2ccc(F)cc2)CC1COc1ccccc1. The van der Waals surface area contributed by atoms with E-state index in [1.165, 1.54) is 12.1 Å². The monoisotopic (exact) mass is 356 g/mol. The number of benzene rings is 2. The summed E-state index contributed by atoms with van der Waals surface area (Å²) in [6.45, 7) is 1.02. The second-order valence-corrected chi connectivity index (χ2v) is 6.49. The Hall–Kier alpha value is -2.89. The van der Waals surface area contributed by atoms with E-state index in [2.05, 4.69) is 0 Å². The predicted octanol–water partition coefficient (Wildman–Crippen LogP) is 2.01. The van der Waals surface area contributed by atoms with Gasteiger partial charge in [-0.25, -0.2) is 4.39 Å². The Balaban J connectivity index is 1.61. The van der Waals surface area contributed by atoms with E-state index in [1.54, 1.807) is 17.0 Å². The summed E-state index contributed by atoms with van der Waals surface area (Å²) in [5.41, 5.74) is 6.25. The van der Waals surface area contributed by atoms with Crippen LogP contribution in [0.2, 0.25) is 0 Å². The second-order valence-electron chi connectivity index (χ2n) is 6.49. The standard InChI is InChI=1S/C20H21FN2O3/c21-16-8-6-14(7-9-16)10-19(24)23-11-15(18(12-23)20(22)25)13-26-17-4-2-1-3-5-17/h1-9,15,18H,10-13H2,(H2,22,25). The minimum atomic E-state index is -0.434. The summed E-state index contributed by atoms with van der Waals surface area (Å²) in [6, 6.07) is 15.1. The molecule has 0 aromatic heterocycles. The van der Waals surface area contributed by atoms with Gasteiger partial charge in [0.25, 0.3) is 0 Å². The number of para-hydroxylation sites is 1. The van der Waals surface area contributed by atoms with Crippen LogP contribution in [-0.2, 0) is 16.0 Å². The fourth-order valence-corrected chi connectivity index (χ4v) is 3.17. The molecule has 0 saturated carbocycles. The zero-order valence-corrected chi connectivity index (χ0v) is 14.3. The highest BCUT2D eigenvalue weighted by molar-refractivity contribution is 5.82. The lowest BCUT2D eigenvalue weighted by Crippen LogP contribution is -2.33. The van der Waals surface area contributed by atoms with Crippen LogP contribution in [0.25, 0.3) is 0 Å². The van der Waals surface area contributed by atoms with Gasteiger partial charge in [0.1, 0.15) is 11.6 Å². The van der Waals surface area contributed by atoms with Gasteiger partial charge in [-0.05, 0) is 29.8 Å². The zero-order chi connectivity index (χ0) is 18.5. The Morgan fingerprint density at radius 2 is 1.77 bits per heavy atom. The van der Waals surface area contributed by atoms with Gasteiger partial charge in [0, 0.05) is 19.0 Å². The van der Waals surface area contributed by atoms with Crippen LogP contribution in [0.1, 0.15) is 5.56 Å². The number of amides is 2. The average Bonchev–Trinajstić information content (AvgIpc) is 3.07. The Kier molecular flexibility index (Phi) is 5.51. The molecular formula is C20H21FN2O3. The number of carbonyl (C=O) groups excluding carboxylic acids is 2. The van der Waals surface area contributed by atoms with Crippen LogP contribution >= 0.6 is 0 Å². The van der Waals surface area contributed by atoms with Crippen molar-refractivity contribution in [1.29, 1.82) is 0 Å². The maximum Gasteiger partial charge on any atom is 0.227 e. The molecule has 0 aliphatic carbocycles. The summed E-state index contributed by atoms with van der Waals surface area (Å²) in [6.07, 6.45) is 0.165. The molecule has 2 aromatic carbocycles. The number of carbonyl (C=O) groups is 2. The molecule has 5 nitrogen and oxygen atoms in total. The molecule has 6 heteroatoms. The van der Waals surface area contributed by atoms with Crippen molar-refractivity contribution in [3.8, 4) is 5.75 Å². The Labute approximate surface area is 151 Å². The number of hydrogen-bond donors (Lipinski definition) is 1. The van der Waals surface area contributed by atoms with Gasteiger partial charge < -0.3 is 15.4 Å². The molecule has 1 heterocycles. The van der Waals surface area contributed by atoms with Crippen molar-refractivity contribution < 1.29 is 18.7 Å². The molecule has 1 aliphatic heterocycles. The quantitative estimate of drug-likeness (QED) is 0.860. The van der Waals surface area contributed by atoms with Gasteiger partial charge in [-0.2, -0.15) is 0 Å². The lowest BCUT2D eigenvalue weighted by atomic mass is 9.96. The summed E-state index contributed by atoms with van der Waals surface area (Å²) in [4.78, 5) is 25.9. The van der Waals surface area contributed by atoms with Crippen molar-refractivity contribution in [2.75, 3.05) is 19.7 Å². The van der Waals surface area contributed by atoms with Crippen LogP contribution in [-0.4, -0.2) is 36.4 Å². The van der Waals surface area contributed by atoms with Crippen molar-refractivity contribution in [3.05, 3.63) is 66.0 Å². The molecular weight excluding hydrogens is 335 g/mol. The van der Waals surface area contributed by atoms with Crippen molar-refractivity contribution >= 4 is 11.8 Å². The minimum Gasteiger partial charge on any atom is -0.493 e. The third kappa shape index (κ3) is 4.39. The Morgan fingerprint density at radius 1 is 1.08 bits per heavy atom. The summed E-state index contributed by atoms with van der Waals surface area (Å²) in [7, 11) is 0. The van der Waals surface area contributed by atoms with Crippen LogP contribution in [0, 0.1) is 17.7 Å². The fourth-order valence-electron chi connectivity index (χ4n) is 3.17. The molecule has 2 unspecified atom stereocenters. The molecule has 1 aliphatic rings. The van der Waals surface area contributed by atoms with Crippen molar-refractivity contribution in [1.82, 2.24) is 4.90 Å². The molecule has 2 atom stereocenters. The normalized spacial score (nSPS) is 19.3. The molecule has 26 heavy (non-hydrogen) atoms. The highest BCUT2D eigenvalue weighted by atomic mass is 19.1. The Bertz CT molecular complexity index is 764. The summed E-state index contributed by atoms with van der Waals surface area (Å²) >= 11 is 0. The Morgan fingerprint density at radius 3 is 2.42 bits per heavy atom. The summed E-state index contributed by atoms with van der Waals surface area (Å²) in [5.74, 6) is -0.740. The van der Waals surface area contributed by atoms with E-state index in [0.29, 0.717) is 18.9 Å². The molecule has 1 fully saturated rings. The van der Waals surface area contributed by atoms with Gasteiger partial charge in [0.2, 0.25) is 11.8 Å². The van der Waals surface area contributed by atoms with Gasteiger partial charge in [0.05, 0.1) is 18.9 Å². The smallest absolute Gasteiger partial charge is 0.227 e. The minimum absolute atomic E-state index is 0.106. The maximum atomic E-state index is 13.0. The first-order chi connectivity index (χ1) is 12.5. The van der Waals surface area contributed by atoms with E-state index < -0.39 is 11.8 Å². The van der Waals surface area contributed by atoms with E-state index in [4.69, 9.17) is 10.5 Å². The number of halogens is 1. The van der Waals surface area contributed by atoms with Gasteiger partial charge in [-0.1, -0.05) is 30.3 Å². The highest BCUT2D eigenvalue weighted by Crippen LogP contribution is 2.25. The number of likely N-dealkylation sites (tertiary alicyclic amines) is 1. The lowest BCUT2D eigenvalue weighted by Gasteiger charge is -2.17. The average molecular weight is 356 g/mol. The molecule has 2 amide bonds. The van der Waals surface area contributed by atoms with Gasteiger partial charge in [-0.15, -0.1) is 0 Å². The summed E-state index contributed by atoms with van der Waals surface area (Å²) in [5, 5.41) is 0. The van der Waals surface area contributed by atoms with E-state index in [9.17, 15) is 14.0 Å². The molecule has 2 aromatic rings. The largest absolute Gasteiger partial charge is 0.493 e. The number of primary amides is 1. The number of rotatable bonds is 6. The van der Waals surface area contributed by atoms with E-state index in [1.807, 2.05) is 30.3 Å². The first-order valence-electron chi connectivity index (χ1n) is 8.52. The van der Waals surface area contributed by atoms with E-state index >= 15 is 0 Å². The second kappa shape index (κ2) is 7.99. The van der Waals surface area contributed by atoms with Gasteiger partial charge in [0.15, 0.2) is 0 Å². The van der Waals surface area contributed by atoms with Gasteiger partial charge in [-0.3, -0.25) is 9.59 Å². The summed E-state index contributed by atoms with van der Waals surface area (Å²) < 4.78 is 18.7. The van der Waals surface area contributed by atoms with Crippen LogP contribution in [0.3, 0.4) is 0 Å². The topological polar surface area (TPSA) is 72.6 Å². The van der Waals surface area contributed by atoms with Crippen molar-refractivity contribution in [3.63, 3.8) is 0 Å². The van der Waals surface area contributed by atoms with Crippen molar-refractivity contribution in [2.45, 2.75) is 6.42 Å². The zero-order valence-electron chi connectivity index (χ0n) is 14.3. The third-order valence-corrected chi connectivity index (χ3v) is 4.64. The van der Waals surface area contributed by atoms with Crippen LogP contribution in [0.5, 0.6) is 5.75 Å². The molecule has 0 radical (unpaired) electrons. The van der Waals surface area contributed by atoms with Crippen LogP contribution in [0.4, 0.5) is 4.39 Å². The number of nitrogens with two attached hydrogens (primary N) is 1. The molecule has 136 valence electrons. The van der Waals surface area contributed by atoms with Gasteiger partial charge >= 0.3 is 0 Å². The number of hydrogen-bond acceptors (Lipinski definition) is 3. The first kappa shape index (κ1) is 17.9. The van der Waals surface area contributed by atoms with Crippen molar-refractivity contribution in [2.24, 2.45) is 17.6 Å². The maximum absolute atomic E-state index is 13.0. The first-order valence-corrected chi connectivity index (χ1v) is 8.52. The highest BCUT2D eigenvalue weighted by Gasteiger charge is 2.38. The van der Waals surface area contributed by atoms with E-state index in [-0.39, 0.29) is 30.6 Å². The molecule has 0 spiro atoms. The molecule has 2 N–H and O–H groups in total. The fraction of sp³-hybridized carbons (Fsp3) is 0.300. The molecule has 3 rings (SSSR count). The van der Waals surface area contributed by atoms with Crippen LogP contribution in [0.15, 0.2) is 54.6 Å². The predicted molar refractivity (Wildman–Crippen MR) is 94.8 cm³/mol. The van der Waals surface area contributed by atoms with E-state index in [0.717, 1.165) is 5.56 Å². The number of nitrogens with zero attached hydrogens (tertiary/aromatic N) is 1. The lowest BCUT2D eigenvalue weighted by molar-refractivity contribution is -0.129. The van der Waals surface area contributed by atoms with Crippen LogP contribution < -0.4 is 10.5 Å². The number of ether oxygens (including phenoxy) is 1. The molecule has 0 bridgehead atoms.